The first-order valence-electron chi connectivity index (χ1n) is 5.55. The summed E-state index contributed by atoms with van der Waals surface area (Å²) in [6.45, 7) is 0.722. The second-order valence-corrected chi connectivity index (χ2v) is 5.07. The highest BCUT2D eigenvalue weighted by molar-refractivity contribution is 9.10. The van der Waals surface area contributed by atoms with Crippen LogP contribution >= 0.6 is 15.9 Å². The lowest BCUT2D eigenvalue weighted by molar-refractivity contribution is 0.289. The molecule has 0 bridgehead atoms. The molecule has 0 unspecified atom stereocenters. The molecular formula is C12H11BrN2O2. The van der Waals surface area contributed by atoms with Gasteiger partial charge in [0, 0.05) is 17.6 Å². The lowest BCUT2D eigenvalue weighted by atomic mass is 10.3. The van der Waals surface area contributed by atoms with Crippen molar-refractivity contribution in [3.05, 3.63) is 33.2 Å². The Morgan fingerprint density at radius 1 is 1.47 bits per heavy atom. The SMILES string of the molecule is O=c1[nH]cc2ccc(OCC3CC3)nc2c1Br. The molecule has 1 N–H and O–H groups in total. The number of ether oxygens (including phenoxy) is 1. The van der Waals surface area contributed by atoms with Crippen molar-refractivity contribution in [1.29, 1.82) is 0 Å². The van der Waals surface area contributed by atoms with Gasteiger partial charge in [-0.1, -0.05) is 0 Å². The number of nitrogens with zero attached hydrogens (tertiary/aromatic N) is 1. The first-order valence-corrected chi connectivity index (χ1v) is 6.34. The van der Waals surface area contributed by atoms with E-state index in [9.17, 15) is 4.79 Å². The van der Waals surface area contributed by atoms with Crippen LogP contribution in [0, 0.1) is 5.92 Å². The van der Waals surface area contributed by atoms with Crippen molar-refractivity contribution >= 4 is 26.8 Å². The zero-order valence-corrected chi connectivity index (χ0v) is 10.7. The van der Waals surface area contributed by atoms with E-state index in [4.69, 9.17) is 4.74 Å². The van der Waals surface area contributed by atoms with E-state index in [-0.39, 0.29) is 5.56 Å². The Balaban J connectivity index is 1.98. The third-order valence-electron chi connectivity index (χ3n) is 2.83. The first kappa shape index (κ1) is 10.8. The Kier molecular flexibility index (Phi) is 2.63. The Morgan fingerprint density at radius 3 is 3.06 bits per heavy atom. The van der Waals surface area contributed by atoms with Crippen LogP contribution in [0.2, 0.25) is 0 Å². The van der Waals surface area contributed by atoms with Crippen LogP contribution in [0.15, 0.2) is 27.6 Å². The normalized spacial score (nSPS) is 15.1. The van der Waals surface area contributed by atoms with Crippen molar-refractivity contribution in [2.24, 2.45) is 5.92 Å². The monoisotopic (exact) mass is 294 g/mol. The van der Waals surface area contributed by atoms with Gasteiger partial charge in [-0.3, -0.25) is 4.79 Å². The number of fused-ring (bicyclic) bond motifs is 1. The summed E-state index contributed by atoms with van der Waals surface area (Å²) < 4.78 is 6.04. The molecule has 17 heavy (non-hydrogen) atoms. The van der Waals surface area contributed by atoms with E-state index >= 15 is 0 Å². The number of halogens is 1. The number of aromatic amines is 1. The molecule has 0 aromatic carbocycles. The number of aromatic nitrogens is 2. The maximum Gasteiger partial charge on any atom is 0.264 e. The zero-order chi connectivity index (χ0) is 11.8. The van der Waals surface area contributed by atoms with Crippen LogP contribution < -0.4 is 10.3 Å². The quantitative estimate of drug-likeness (QED) is 0.946. The molecule has 0 atom stereocenters. The number of nitrogens with one attached hydrogen (secondary N) is 1. The lowest BCUT2D eigenvalue weighted by Gasteiger charge is -2.05. The van der Waals surface area contributed by atoms with Gasteiger partial charge in [-0.15, -0.1) is 0 Å². The molecule has 2 aromatic rings. The molecule has 0 spiro atoms. The highest BCUT2D eigenvalue weighted by Crippen LogP contribution is 2.29. The summed E-state index contributed by atoms with van der Waals surface area (Å²) in [4.78, 5) is 18.4. The fourth-order valence-electron chi connectivity index (χ4n) is 1.63. The molecule has 0 saturated heterocycles. The van der Waals surface area contributed by atoms with Crippen molar-refractivity contribution in [2.45, 2.75) is 12.8 Å². The molecule has 88 valence electrons. The summed E-state index contributed by atoms with van der Waals surface area (Å²) in [6.07, 6.45) is 4.15. The van der Waals surface area contributed by atoms with Gasteiger partial charge >= 0.3 is 0 Å². The van der Waals surface area contributed by atoms with Crippen LogP contribution in [0.1, 0.15) is 12.8 Å². The maximum atomic E-state index is 11.4. The van der Waals surface area contributed by atoms with E-state index in [1.54, 1.807) is 6.20 Å². The highest BCUT2D eigenvalue weighted by atomic mass is 79.9. The minimum Gasteiger partial charge on any atom is -0.477 e. The van der Waals surface area contributed by atoms with E-state index in [1.165, 1.54) is 12.8 Å². The van der Waals surface area contributed by atoms with Crippen molar-refractivity contribution in [2.75, 3.05) is 6.61 Å². The van der Waals surface area contributed by atoms with Gasteiger partial charge in [0.05, 0.1) is 12.1 Å². The average Bonchev–Trinajstić information content (AvgIpc) is 3.16. The van der Waals surface area contributed by atoms with Crippen LogP contribution in [0.3, 0.4) is 0 Å². The van der Waals surface area contributed by atoms with Crippen LogP contribution in [0.4, 0.5) is 0 Å². The van der Waals surface area contributed by atoms with Gasteiger partial charge in [0.1, 0.15) is 4.47 Å². The van der Waals surface area contributed by atoms with E-state index in [0.717, 1.165) is 12.0 Å². The topological polar surface area (TPSA) is 55.0 Å². The van der Waals surface area contributed by atoms with Crippen molar-refractivity contribution < 1.29 is 4.74 Å². The third kappa shape index (κ3) is 2.20. The molecule has 1 fully saturated rings. The summed E-state index contributed by atoms with van der Waals surface area (Å²) in [6, 6.07) is 3.72. The number of rotatable bonds is 3. The standard InChI is InChI=1S/C12H11BrN2O2/c13-10-11-8(5-14-12(10)16)3-4-9(15-11)17-6-7-1-2-7/h3-5,7H,1-2,6H2,(H,14,16). The molecule has 2 heterocycles. The zero-order valence-electron chi connectivity index (χ0n) is 9.07. The molecule has 1 aliphatic carbocycles. The highest BCUT2D eigenvalue weighted by Gasteiger charge is 2.22. The molecule has 0 amide bonds. The number of hydrogen-bond acceptors (Lipinski definition) is 3. The van der Waals surface area contributed by atoms with Gasteiger partial charge in [0.15, 0.2) is 0 Å². The molecule has 1 saturated carbocycles. The van der Waals surface area contributed by atoms with Gasteiger partial charge in [0.2, 0.25) is 5.88 Å². The molecule has 1 aliphatic rings. The molecular weight excluding hydrogens is 284 g/mol. The predicted molar refractivity (Wildman–Crippen MR) is 68.3 cm³/mol. The molecule has 0 aliphatic heterocycles. The molecule has 5 heteroatoms. The smallest absolute Gasteiger partial charge is 0.264 e. The third-order valence-corrected chi connectivity index (χ3v) is 3.57. The van der Waals surface area contributed by atoms with Crippen LogP contribution in [-0.4, -0.2) is 16.6 Å². The van der Waals surface area contributed by atoms with Crippen LogP contribution in [0.25, 0.3) is 10.9 Å². The minimum atomic E-state index is -0.177. The van der Waals surface area contributed by atoms with Crippen LogP contribution in [-0.2, 0) is 0 Å². The van der Waals surface area contributed by atoms with Gasteiger partial charge in [-0.05, 0) is 40.8 Å². The summed E-state index contributed by atoms with van der Waals surface area (Å²) in [5, 5.41) is 0.884. The second kappa shape index (κ2) is 4.14. The number of hydrogen-bond donors (Lipinski definition) is 1. The summed E-state index contributed by atoms with van der Waals surface area (Å²) in [5.74, 6) is 1.27. The Morgan fingerprint density at radius 2 is 2.29 bits per heavy atom. The average molecular weight is 295 g/mol. The van der Waals surface area contributed by atoms with E-state index in [2.05, 4.69) is 25.9 Å². The molecule has 4 nitrogen and oxygen atoms in total. The van der Waals surface area contributed by atoms with E-state index in [1.807, 2.05) is 12.1 Å². The number of H-pyrrole nitrogens is 1. The van der Waals surface area contributed by atoms with Crippen molar-refractivity contribution in [3.63, 3.8) is 0 Å². The largest absolute Gasteiger partial charge is 0.477 e. The molecule has 2 aromatic heterocycles. The van der Waals surface area contributed by atoms with E-state index < -0.39 is 0 Å². The first-order chi connectivity index (χ1) is 8.24. The molecule has 3 rings (SSSR count). The van der Waals surface area contributed by atoms with Gasteiger partial charge in [0.25, 0.3) is 5.56 Å². The lowest BCUT2D eigenvalue weighted by Crippen LogP contribution is -2.07. The summed E-state index contributed by atoms with van der Waals surface area (Å²) >= 11 is 3.25. The van der Waals surface area contributed by atoms with Gasteiger partial charge < -0.3 is 9.72 Å². The van der Waals surface area contributed by atoms with Crippen molar-refractivity contribution in [1.82, 2.24) is 9.97 Å². The fourth-order valence-corrected chi connectivity index (χ4v) is 2.06. The van der Waals surface area contributed by atoms with Gasteiger partial charge in [-0.2, -0.15) is 0 Å². The Labute approximate surface area is 106 Å². The minimum absolute atomic E-state index is 0.177. The Bertz CT molecular complexity index is 619. The fraction of sp³-hybridized carbons (Fsp3) is 0.333. The van der Waals surface area contributed by atoms with E-state index in [0.29, 0.717) is 21.8 Å². The van der Waals surface area contributed by atoms with Crippen molar-refractivity contribution in [3.8, 4) is 5.88 Å². The molecule has 0 radical (unpaired) electrons. The number of pyridine rings is 2. The van der Waals surface area contributed by atoms with Crippen LogP contribution in [0.5, 0.6) is 5.88 Å². The Hall–Kier alpha value is -1.36. The predicted octanol–water partition coefficient (Wildman–Crippen LogP) is 2.47. The van der Waals surface area contributed by atoms with Gasteiger partial charge in [-0.25, -0.2) is 4.98 Å². The maximum absolute atomic E-state index is 11.4. The summed E-state index contributed by atoms with van der Waals surface area (Å²) in [7, 11) is 0. The summed E-state index contributed by atoms with van der Waals surface area (Å²) in [5.41, 5.74) is 0.464. The second-order valence-electron chi connectivity index (χ2n) is 4.27.